The summed E-state index contributed by atoms with van der Waals surface area (Å²) in [5, 5.41) is 10.8. The van der Waals surface area contributed by atoms with Gasteiger partial charge in [-0.05, 0) is 37.8 Å². The van der Waals surface area contributed by atoms with E-state index in [9.17, 15) is 4.79 Å². The molecule has 6 nitrogen and oxygen atoms in total. The molecule has 0 unspecified atom stereocenters. The maximum atomic E-state index is 11.8. The van der Waals surface area contributed by atoms with Gasteiger partial charge in [0.05, 0.1) is 0 Å². The zero-order valence-electron chi connectivity index (χ0n) is 11.9. The van der Waals surface area contributed by atoms with Crippen molar-refractivity contribution in [2.24, 2.45) is 5.92 Å². The molecular formula is C15H19N5O. The summed E-state index contributed by atoms with van der Waals surface area (Å²) in [6, 6.07) is 6.39. The molecule has 0 atom stereocenters. The van der Waals surface area contributed by atoms with Crippen LogP contribution in [-0.2, 0) is 4.79 Å². The lowest BCUT2D eigenvalue weighted by molar-refractivity contribution is -0.117. The quantitative estimate of drug-likeness (QED) is 0.905. The largest absolute Gasteiger partial charge is 0.367 e. The van der Waals surface area contributed by atoms with E-state index in [1.165, 1.54) is 25.7 Å². The fraction of sp³-hybridized carbons (Fsp3) is 0.533. The molecule has 2 fully saturated rings. The Labute approximate surface area is 122 Å². The van der Waals surface area contributed by atoms with Crippen LogP contribution in [0.1, 0.15) is 38.5 Å². The maximum absolute atomic E-state index is 11.8. The van der Waals surface area contributed by atoms with Crippen LogP contribution in [0.4, 0.5) is 11.8 Å². The van der Waals surface area contributed by atoms with Gasteiger partial charge in [-0.2, -0.15) is 9.50 Å². The van der Waals surface area contributed by atoms with Crippen molar-refractivity contribution in [3.05, 3.63) is 18.2 Å². The van der Waals surface area contributed by atoms with E-state index in [0.717, 1.165) is 24.3 Å². The number of hydrogen-bond donors (Lipinski definition) is 2. The molecule has 0 saturated heterocycles. The number of nitrogens with one attached hydrogen (secondary N) is 2. The van der Waals surface area contributed by atoms with Crippen LogP contribution in [0.3, 0.4) is 0 Å². The van der Waals surface area contributed by atoms with Gasteiger partial charge in [0.15, 0.2) is 5.65 Å². The van der Waals surface area contributed by atoms with Gasteiger partial charge in [-0.25, -0.2) is 0 Å². The van der Waals surface area contributed by atoms with E-state index in [4.69, 9.17) is 0 Å². The SMILES string of the molecule is O=C(Nc1nc2cccc(NC3CCCC3)n2n1)C1CC1. The van der Waals surface area contributed by atoms with E-state index in [-0.39, 0.29) is 11.8 Å². The Kier molecular flexibility index (Phi) is 3.02. The monoisotopic (exact) mass is 285 g/mol. The van der Waals surface area contributed by atoms with Crippen molar-refractivity contribution in [2.45, 2.75) is 44.6 Å². The molecule has 2 aromatic heterocycles. The van der Waals surface area contributed by atoms with Crippen molar-refractivity contribution in [1.82, 2.24) is 14.6 Å². The minimum absolute atomic E-state index is 0.0382. The third-order valence-electron chi connectivity index (χ3n) is 4.25. The molecule has 2 saturated carbocycles. The Bertz CT molecular complexity index is 670. The molecule has 2 heterocycles. The molecule has 4 rings (SSSR count). The Balaban J connectivity index is 1.58. The van der Waals surface area contributed by atoms with Gasteiger partial charge in [0.25, 0.3) is 0 Å². The third kappa shape index (κ3) is 2.57. The summed E-state index contributed by atoms with van der Waals surface area (Å²) < 4.78 is 1.78. The van der Waals surface area contributed by atoms with Gasteiger partial charge in [-0.15, -0.1) is 5.10 Å². The molecular weight excluding hydrogens is 266 g/mol. The van der Waals surface area contributed by atoms with Crippen LogP contribution < -0.4 is 10.6 Å². The first-order chi connectivity index (χ1) is 10.3. The fourth-order valence-corrected chi connectivity index (χ4v) is 2.90. The van der Waals surface area contributed by atoms with Crippen molar-refractivity contribution >= 4 is 23.3 Å². The lowest BCUT2D eigenvalue weighted by Crippen LogP contribution is -2.17. The highest BCUT2D eigenvalue weighted by atomic mass is 16.2. The van der Waals surface area contributed by atoms with Crippen LogP contribution in [0, 0.1) is 5.92 Å². The van der Waals surface area contributed by atoms with Crippen LogP contribution in [0.2, 0.25) is 0 Å². The van der Waals surface area contributed by atoms with E-state index < -0.39 is 0 Å². The lowest BCUT2D eigenvalue weighted by atomic mass is 10.2. The highest BCUT2D eigenvalue weighted by Crippen LogP contribution is 2.30. The molecule has 21 heavy (non-hydrogen) atoms. The van der Waals surface area contributed by atoms with Crippen molar-refractivity contribution in [1.29, 1.82) is 0 Å². The normalized spacial score (nSPS) is 19.0. The minimum atomic E-state index is 0.0382. The Morgan fingerprint density at radius 2 is 2.00 bits per heavy atom. The van der Waals surface area contributed by atoms with E-state index in [1.54, 1.807) is 4.52 Å². The topological polar surface area (TPSA) is 71.3 Å². The second-order valence-electron chi connectivity index (χ2n) is 6.01. The van der Waals surface area contributed by atoms with Gasteiger partial charge in [0.2, 0.25) is 11.9 Å². The number of carbonyl (C=O) groups is 1. The van der Waals surface area contributed by atoms with Crippen molar-refractivity contribution < 1.29 is 4.79 Å². The summed E-state index contributed by atoms with van der Waals surface area (Å²) >= 11 is 0. The van der Waals surface area contributed by atoms with E-state index >= 15 is 0 Å². The maximum Gasteiger partial charge on any atom is 0.249 e. The fourth-order valence-electron chi connectivity index (χ4n) is 2.90. The van der Waals surface area contributed by atoms with Crippen LogP contribution >= 0.6 is 0 Å². The number of aromatic nitrogens is 3. The molecule has 110 valence electrons. The standard InChI is InChI=1S/C15H19N5O/c21-14(10-8-9-10)18-15-17-13-7-3-6-12(20(13)19-15)16-11-4-1-2-5-11/h3,6-7,10-11,16H,1-2,4-5,8-9H2,(H,18,19,21). The zero-order chi connectivity index (χ0) is 14.2. The zero-order valence-corrected chi connectivity index (χ0v) is 11.9. The minimum Gasteiger partial charge on any atom is -0.367 e. The molecule has 2 aliphatic carbocycles. The summed E-state index contributed by atoms with van der Waals surface area (Å²) in [6.07, 6.45) is 6.94. The van der Waals surface area contributed by atoms with Crippen LogP contribution in [-0.4, -0.2) is 26.5 Å². The van der Waals surface area contributed by atoms with E-state index in [1.807, 2.05) is 18.2 Å². The number of rotatable bonds is 4. The molecule has 0 spiro atoms. The third-order valence-corrected chi connectivity index (χ3v) is 4.25. The van der Waals surface area contributed by atoms with Gasteiger partial charge in [-0.1, -0.05) is 18.9 Å². The first-order valence-corrected chi connectivity index (χ1v) is 7.73. The van der Waals surface area contributed by atoms with Gasteiger partial charge < -0.3 is 5.32 Å². The number of carbonyl (C=O) groups excluding carboxylic acids is 1. The van der Waals surface area contributed by atoms with Crippen molar-refractivity contribution in [3.8, 4) is 0 Å². The van der Waals surface area contributed by atoms with Gasteiger partial charge in [-0.3, -0.25) is 10.1 Å². The molecule has 2 N–H and O–H groups in total. The van der Waals surface area contributed by atoms with E-state index in [2.05, 4.69) is 20.7 Å². The summed E-state index contributed by atoms with van der Waals surface area (Å²) in [4.78, 5) is 16.2. The molecule has 2 aromatic rings. The predicted molar refractivity (Wildman–Crippen MR) is 80.2 cm³/mol. The van der Waals surface area contributed by atoms with Crippen LogP contribution in [0.5, 0.6) is 0 Å². The number of anilines is 2. The Morgan fingerprint density at radius 1 is 1.19 bits per heavy atom. The van der Waals surface area contributed by atoms with Gasteiger partial charge >= 0.3 is 0 Å². The summed E-state index contributed by atoms with van der Waals surface area (Å²) in [5.41, 5.74) is 0.754. The molecule has 0 aromatic carbocycles. The Morgan fingerprint density at radius 3 is 2.76 bits per heavy atom. The predicted octanol–water partition coefficient (Wildman–Crippen LogP) is 2.43. The highest BCUT2D eigenvalue weighted by molar-refractivity contribution is 5.92. The molecule has 0 aliphatic heterocycles. The number of hydrogen-bond acceptors (Lipinski definition) is 4. The first kappa shape index (κ1) is 12.6. The lowest BCUT2D eigenvalue weighted by Gasteiger charge is -2.13. The van der Waals surface area contributed by atoms with Crippen LogP contribution in [0.25, 0.3) is 5.65 Å². The molecule has 2 aliphatic rings. The van der Waals surface area contributed by atoms with Gasteiger partial charge in [0.1, 0.15) is 5.82 Å². The highest BCUT2D eigenvalue weighted by Gasteiger charge is 2.30. The molecule has 0 bridgehead atoms. The number of pyridine rings is 1. The van der Waals surface area contributed by atoms with E-state index in [0.29, 0.717) is 12.0 Å². The number of nitrogens with zero attached hydrogens (tertiary/aromatic N) is 3. The second kappa shape index (κ2) is 5.02. The summed E-state index contributed by atoms with van der Waals surface area (Å²) in [5.74, 6) is 1.54. The number of fused-ring (bicyclic) bond motifs is 1. The van der Waals surface area contributed by atoms with Crippen LogP contribution in [0.15, 0.2) is 18.2 Å². The summed E-state index contributed by atoms with van der Waals surface area (Å²) in [6.45, 7) is 0. The Hall–Kier alpha value is -2.11. The first-order valence-electron chi connectivity index (χ1n) is 7.73. The van der Waals surface area contributed by atoms with Gasteiger partial charge in [0, 0.05) is 12.0 Å². The second-order valence-corrected chi connectivity index (χ2v) is 6.01. The average Bonchev–Trinajstić information content (AvgIpc) is 3.05. The summed E-state index contributed by atoms with van der Waals surface area (Å²) in [7, 11) is 0. The smallest absolute Gasteiger partial charge is 0.249 e. The van der Waals surface area contributed by atoms with Crippen molar-refractivity contribution in [3.63, 3.8) is 0 Å². The molecule has 0 radical (unpaired) electrons. The average molecular weight is 285 g/mol. The number of amides is 1. The molecule has 1 amide bonds. The molecule has 6 heteroatoms. The van der Waals surface area contributed by atoms with Crippen molar-refractivity contribution in [2.75, 3.05) is 10.6 Å².